The van der Waals surface area contributed by atoms with Crippen molar-refractivity contribution in [3.05, 3.63) is 99.0 Å². The molecular weight excluding hydrogens is 397 g/mol. The number of hydrogen-bond donors (Lipinski definition) is 1. The van der Waals surface area contributed by atoms with Gasteiger partial charge in [0.15, 0.2) is 0 Å². The number of benzene rings is 3. The zero-order chi connectivity index (χ0) is 19.2. The predicted molar refractivity (Wildman–Crippen MR) is 117 cm³/mol. The Morgan fingerprint density at radius 2 is 1.70 bits per heavy atom. The fraction of sp³-hybridized carbons (Fsp3) is 0.136. The summed E-state index contributed by atoms with van der Waals surface area (Å²) in [6.45, 7) is 3.18. The first-order valence-electron chi connectivity index (χ1n) is 8.52. The van der Waals surface area contributed by atoms with E-state index < -0.39 is 0 Å². The summed E-state index contributed by atoms with van der Waals surface area (Å²) in [4.78, 5) is 0.713. The van der Waals surface area contributed by atoms with Crippen molar-refractivity contribution >= 4 is 40.4 Å². The second kappa shape index (κ2) is 9.23. The van der Waals surface area contributed by atoms with Crippen molar-refractivity contribution < 1.29 is 4.74 Å². The Bertz CT molecular complexity index is 941. The van der Waals surface area contributed by atoms with Crippen molar-refractivity contribution in [1.29, 1.82) is 0 Å². The second-order valence-corrected chi connectivity index (χ2v) is 7.41. The third-order valence-electron chi connectivity index (χ3n) is 4.23. The van der Waals surface area contributed by atoms with Gasteiger partial charge in [-0.1, -0.05) is 65.8 Å². The van der Waals surface area contributed by atoms with E-state index >= 15 is 0 Å². The fourth-order valence-electron chi connectivity index (χ4n) is 2.59. The molecule has 0 fully saturated rings. The van der Waals surface area contributed by atoms with Crippen molar-refractivity contribution in [2.75, 3.05) is 0 Å². The molecule has 0 aliphatic heterocycles. The van der Waals surface area contributed by atoms with Gasteiger partial charge in [-0.2, -0.15) is 0 Å². The smallest absolute Gasteiger partial charge is 0.119 e. The van der Waals surface area contributed by atoms with E-state index in [0.717, 1.165) is 16.9 Å². The van der Waals surface area contributed by atoms with Crippen LogP contribution in [-0.2, 0) is 13.2 Å². The molecule has 0 heterocycles. The topological polar surface area (TPSA) is 21.3 Å². The highest BCUT2D eigenvalue weighted by Gasteiger charge is 2.05. The van der Waals surface area contributed by atoms with Crippen LogP contribution in [0.3, 0.4) is 0 Å². The fourth-order valence-corrected chi connectivity index (χ4v) is 3.26. The largest absolute Gasteiger partial charge is 0.489 e. The summed E-state index contributed by atoms with van der Waals surface area (Å²) in [5.41, 5.74) is 4.33. The van der Waals surface area contributed by atoms with Gasteiger partial charge in [0.1, 0.15) is 17.3 Å². The maximum atomic E-state index is 6.17. The Balaban J connectivity index is 1.56. The monoisotopic (exact) mass is 415 g/mol. The standard InChI is InChI=1S/C22H19Cl2NOS/c1-15-4-2-3-5-17(15)13-25-22(27)16-7-10-20(11-8-16)26-14-18-6-9-19(23)12-21(18)24/h2-12H,13-14H2,1H3,(H,25,27). The van der Waals surface area contributed by atoms with E-state index in [1.165, 1.54) is 11.1 Å². The van der Waals surface area contributed by atoms with E-state index in [-0.39, 0.29) is 0 Å². The van der Waals surface area contributed by atoms with Crippen LogP contribution in [0.5, 0.6) is 5.75 Å². The molecule has 138 valence electrons. The molecule has 5 heteroatoms. The third-order valence-corrected chi connectivity index (χ3v) is 5.19. The van der Waals surface area contributed by atoms with Gasteiger partial charge < -0.3 is 10.1 Å². The minimum absolute atomic E-state index is 0.380. The van der Waals surface area contributed by atoms with Gasteiger partial charge in [0.25, 0.3) is 0 Å². The summed E-state index contributed by atoms with van der Waals surface area (Å²) >= 11 is 17.6. The van der Waals surface area contributed by atoms with E-state index in [0.29, 0.717) is 28.2 Å². The molecule has 0 aliphatic rings. The van der Waals surface area contributed by atoms with Gasteiger partial charge in [-0.3, -0.25) is 0 Å². The normalized spacial score (nSPS) is 10.5. The van der Waals surface area contributed by atoms with E-state index in [2.05, 4.69) is 24.4 Å². The number of nitrogens with one attached hydrogen (secondary N) is 1. The van der Waals surface area contributed by atoms with Crippen LogP contribution in [0.2, 0.25) is 10.0 Å². The zero-order valence-electron chi connectivity index (χ0n) is 14.8. The molecule has 0 aliphatic carbocycles. The lowest BCUT2D eigenvalue weighted by atomic mass is 10.1. The third kappa shape index (κ3) is 5.46. The van der Waals surface area contributed by atoms with Gasteiger partial charge in [-0.25, -0.2) is 0 Å². The van der Waals surface area contributed by atoms with Gasteiger partial charge in [-0.15, -0.1) is 0 Å². The van der Waals surface area contributed by atoms with Crippen molar-refractivity contribution in [2.24, 2.45) is 0 Å². The van der Waals surface area contributed by atoms with Crippen LogP contribution in [0.4, 0.5) is 0 Å². The minimum Gasteiger partial charge on any atom is -0.489 e. The molecule has 0 aromatic heterocycles. The lowest BCUT2D eigenvalue weighted by Gasteiger charge is -2.11. The number of hydrogen-bond acceptors (Lipinski definition) is 2. The number of aryl methyl sites for hydroxylation is 1. The molecule has 3 aromatic carbocycles. The molecule has 0 atom stereocenters. The van der Waals surface area contributed by atoms with E-state index in [1.54, 1.807) is 12.1 Å². The predicted octanol–water partition coefficient (Wildman–Crippen LogP) is 6.35. The molecule has 3 aromatic rings. The lowest BCUT2D eigenvalue weighted by molar-refractivity contribution is 0.306. The van der Waals surface area contributed by atoms with Crippen LogP contribution in [0.25, 0.3) is 0 Å². The maximum Gasteiger partial charge on any atom is 0.119 e. The van der Waals surface area contributed by atoms with E-state index in [1.807, 2.05) is 42.5 Å². The van der Waals surface area contributed by atoms with Crippen LogP contribution in [0, 0.1) is 6.92 Å². The summed E-state index contributed by atoms with van der Waals surface area (Å²) in [6.07, 6.45) is 0. The first kappa shape index (κ1) is 19.7. The lowest BCUT2D eigenvalue weighted by Crippen LogP contribution is -2.22. The Labute approximate surface area is 175 Å². The van der Waals surface area contributed by atoms with Crippen LogP contribution in [-0.4, -0.2) is 4.99 Å². The average molecular weight is 416 g/mol. The summed E-state index contributed by atoms with van der Waals surface area (Å²) in [7, 11) is 0. The second-order valence-electron chi connectivity index (χ2n) is 6.16. The first-order valence-corrected chi connectivity index (χ1v) is 9.69. The summed E-state index contributed by atoms with van der Waals surface area (Å²) < 4.78 is 5.80. The van der Waals surface area contributed by atoms with Crippen molar-refractivity contribution in [3.8, 4) is 5.75 Å². The minimum atomic E-state index is 0.380. The van der Waals surface area contributed by atoms with E-state index in [9.17, 15) is 0 Å². The molecule has 3 rings (SSSR count). The average Bonchev–Trinajstić information content (AvgIpc) is 2.67. The van der Waals surface area contributed by atoms with Crippen LogP contribution in [0.1, 0.15) is 22.3 Å². The van der Waals surface area contributed by atoms with Crippen LogP contribution >= 0.6 is 35.4 Å². The highest BCUT2D eigenvalue weighted by atomic mass is 35.5. The first-order chi connectivity index (χ1) is 13.0. The molecule has 0 radical (unpaired) electrons. The molecule has 0 spiro atoms. The number of halogens is 2. The molecule has 0 saturated carbocycles. The van der Waals surface area contributed by atoms with Crippen molar-refractivity contribution in [3.63, 3.8) is 0 Å². The highest BCUT2D eigenvalue weighted by Crippen LogP contribution is 2.23. The Hall–Kier alpha value is -2.07. The highest BCUT2D eigenvalue weighted by molar-refractivity contribution is 7.80. The van der Waals surface area contributed by atoms with Crippen molar-refractivity contribution in [2.45, 2.75) is 20.1 Å². The summed E-state index contributed by atoms with van der Waals surface area (Å²) in [6, 6.07) is 21.4. The SMILES string of the molecule is Cc1ccccc1CNC(=S)c1ccc(OCc2ccc(Cl)cc2Cl)cc1. The Morgan fingerprint density at radius 3 is 2.41 bits per heavy atom. The molecule has 0 unspecified atom stereocenters. The molecule has 1 N–H and O–H groups in total. The number of rotatable bonds is 6. The van der Waals surface area contributed by atoms with Crippen LogP contribution in [0.15, 0.2) is 66.7 Å². The quantitative estimate of drug-likeness (QED) is 0.474. The van der Waals surface area contributed by atoms with Gasteiger partial charge in [-0.05, 0) is 54.4 Å². The maximum absolute atomic E-state index is 6.17. The Morgan fingerprint density at radius 1 is 0.963 bits per heavy atom. The van der Waals surface area contributed by atoms with Gasteiger partial charge >= 0.3 is 0 Å². The molecule has 0 saturated heterocycles. The van der Waals surface area contributed by atoms with Crippen molar-refractivity contribution in [1.82, 2.24) is 5.32 Å². The summed E-state index contributed by atoms with van der Waals surface area (Å²) in [5, 5.41) is 4.52. The molecule has 27 heavy (non-hydrogen) atoms. The van der Waals surface area contributed by atoms with Gasteiger partial charge in [0, 0.05) is 27.7 Å². The molecular formula is C22H19Cl2NOS. The number of ether oxygens (including phenoxy) is 1. The molecule has 0 amide bonds. The summed E-state index contributed by atoms with van der Waals surface area (Å²) in [5.74, 6) is 0.756. The van der Waals surface area contributed by atoms with Crippen LogP contribution < -0.4 is 10.1 Å². The zero-order valence-corrected chi connectivity index (χ0v) is 17.2. The van der Waals surface area contributed by atoms with E-state index in [4.69, 9.17) is 40.2 Å². The van der Waals surface area contributed by atoms with Gasteiger partial charge in [0.2, 0.25) is 0 Å². The van der Waals surface area contributed by atoms with Gasteiger partial charge in [0.05, 0.1) is 0 Å². The number of thiocarbonyl (C=S) groups is 1. The molecule has 2 nitrogen and oxygen atoms in total. The Kier molecular flexibility index (Phi) is 6.73. The molecule has 0 bridgehead atoms.